The predicted octanol–water partition coefficient (Wildman–Crippen LogP) is 3.83. The highest BCUT2D eigenvalue weighted by atomic mass is 79.9. The third-order valence-electron chi connectivity index (χ3n) is 4.90. The van der Waals surface area contributed by atoms with Gasteiger partial charge in [0.05, 0.1) is 12.7 Å². The van der Waals surface area contributed by atoms with E-state index in [-0.39, 0.29) is 35.4 Å². The highest BCUT2D eigenvalue weighted by Crippen LogP contribution is 2.34. The summed E-state index contributed by atoms with van der Waals surface area (Å²) in [6, 6.07) is 4.49. The molecule has 1 aliphatic rings. The maximum Gasteiger partial charge on any atom is 0.435 e. The second-order valence-corrected chi connectivity index (χ2v) is 9.77. The zero-order valence-corrected chi connectivity index (χ0v) is 21.6. The third-order valence-corrected chi connectivity index (χ3v) is 6.82. The van der Waals surface area contributed by atoms with Crippen LogP contribution >= 0.6 is 39.3 Å². The molecule has 1 fully saturated rings. The molecule has 15 heteroatoms. The number of pyridine rings is 1. The molecule has 3 N–H and O–H groups in total. The van der Waals surface area contributed by atoms with Crippen molar-refractivity contribution in [2.75, 3.05) is 20.3 Å². The predicted molar refractivity (Wildman–Crippen MR) is 126 cm³/mol. The van der Waals surface area contributed by atoms with Gasteiger partial charge in [0.25, 0.3) is 0 Å². The molecule has 9 nitrogen and oxygen atoms in total. The van der Waals surface area contributed by atoms with Gasteiger partial charge in [-0.15, -0.1) is 0 Å². The lowest BCUT2D eigenvalue weighted by Gasteiger charge is -2.38. The Balaban J connectivity index is 1.75. The number of halogens is 5. The standard InChI is InChI=1S/C20H21BrClF3N6O3S/c1-10-14(9-33-10)34-19(35-15-3-11(21)6-29-12(15)5-26)13(32-2)7-28-8-18(27)31-17(22)4-16(30-31)20(23,24)25/h3-4,6,8,10,13-14,19,28H,7,9,27H2,1-2H3/b18-8+. The largest absolute Gasteiger partial charge is 0.435 e. The lowest BCUT2D eigenvalue weighted by Crippen LogP contribution is -2.49. The van der Waals surface area contributed by atoms with Crippen molar-refractivity contribution in [3.8, 4) is 6.07 Å². The number of nitrogens with two attached hydrogens (primary N) is 1. The molecule has 190 valence electrons. The van der Waals surface area contributed by atoms with Crippen molar-refractivity contribution < 1.29 is 27.4 Å². The van der Waals surface area contributed by atoms with Crippen molar-refractivity contribution >= 4 is 45.1 Å². The Morgan fingerprint density at radius 3 is 2.83 bits per heavy atom. The van der Waals surface area contributed by atoms with E-state index in [4.69, 9.17) is 31.5 Å². The second-order valence-electron chi connectivity index (χ2n) is 7.32. The van der Waals surface area contributed by atoms with Crippen LogP contribution in [0.15, 0.2) is 33.9 Å². The Labute approximate surface area is 216 Å². The van der Waals surface area contributed by atoms with Gasteiger partial charge in [-0.1, -0.05) is 23.4 Å². The first-order valence-electron chi connectivity index (χ1n) is 10.1. The van der Waals surface area contributed by atoms with Crippen LogP contribution in [0.4, 0.5) is 13.2 Å². The summed E-state index contributed by atoms with van der Waals surface area (Å²) in [6.07, 6.45) is -2.73. The van der Waals surface area contributed by atoms with E-state index in [2.05, 4.69) is 37.4 Å². The smallest absolute Gasteiger partial charge is 0.385 e. The summed E-state index contributed by atoms with van der Waals surface area (Å²) < 4.78 is 57.3. The first-order valence-corrected chi connectivity index (χ1v) is 12.1. The van der Waals surface area contributed by atoms with Crippen LogP contribution in [0.1, 0.15) is 18.3 Å². The van der Waals surface area contributed by atoms with E-state index in [1.165, 1.54) is 31.3 Å². The number of hydrogen-bond donors (Lipinski definition) is 2. The minimum atomic E-state index is -4.66. The van der Waals surface area contributed by atoms with Crippen LogP contribution in [0, 0.1) is 11.3 Å². The summed E-state index contributed by atoms with van der Waals surface area (Å²) in [5.74, 6) is -0.158. The van der Waals surface area contributed by atoms with E-state index in [1.54, 1.807) is 6.07 Å². The minimum Gasteiger partial charge on any atom is -0.385 e. The number of nitrogens with one attached hydrogen (secondary N) is 1. The molecule has 3 rings (SSSR count). The van der Waals surface area contributed by atoms with Gasteiger partial charge >= 0.3 is 6.18 Å². The van der Waals surface area contributed by atoms with Gasteiger partial charge in [-0.25, -0.2) is 9.67 Å². The molecule has 1 saturated heterocycles. The number of nitriles is 1. The summed E-state index contributed by atoms with van der Waals surface area (Å²) in [6.45, 7) is 2.45. The fourth-order valence-corrected chi connectivity index (χ4v) is 4.84. The summed E-state index contributed by atoms with van der Waals surface area (Å²) >= 11 is 10.5. The van der Waals surface area contributed by atoms with Crippen LogP contribution in [0.25, 0.3) is 5.82 Å². The second kappa shape index (κ2) is 11.8. The Kier molecular flexibility index (Phi) is 9.30. The zero-order valence-electron chi connectivity index (χ0n) is 18.4. The first kappa shape index (κ1) is 27.6. The summed E-state index contributed by atoms with van der Waals surface area (Å²) in [7, 11) is 1.49. The van der Waals surface area contributed by atoms with Crippen LogP contribution in [0.3, 0.4) is 0 Å². The Morgan fingerprint density at radius 1 is 1.54 bits per heavy atom. The van der Waals surface area contributed by atoms with Crippen molar-refractivity contribution in [1.29, 1.82) is 5.26 Å². The lowest BCUT2D eigenvalue weighted by atomic mass is 10.1. The van der Waals surface area contributed by atoms with Crippen molar-refractivity contribution in [1.82, 2.24) is 20.1 Å². The molecule has 1 aliphatic heterocycles. The number of rotatable bonds is 10. The molecule has 0 spiro atoms. The zero-order chi connectivity index (χ0) is 25.8. The van der Waals surface area contributed by atoms with Crippen molar-refractivity contribution in [2.24, 2.45) is 5.73 Å². The van der Waals surface area contributed by atoms with Gasteiger partial charge < -0.3 is 25.3 Å². The van der Waals surface area contributed by atoms with E-state index < -0.39 is 23.4 Å². The van der Waals surface area contributed by atoms with E-state index in [1.807, 2.05) is 6.92 Å². The van der Waals surface area contributed by atoms with Crippen molar-refractivity contribution in [3.63, 3.8) is 0 Å². The molecule has 0 amide bonds. The summed E-state index contributed by atoms with van der Waals surface area (Å²) in [5, 5.41) is 15.4. The molecule has 0 aliphatic carbocycles. The Morgan fingerprint density at radius 2 is 2.29 bits per heavy atom. The number of methoxy groups -OCH3 is 1. The van der Waals surface area contributed by atoms with Gasteiger partial charge in [0.2, 0.25) is 0 Å². The van der Waals surface area contributed by atoms with Gasteiger partial charge in [-0.3, -0.25) is 0 Å². The lowest BCUT2D eigenvalue weighted by molar-refractivity contribution is -0.197. The van der Waals surface area contributed by atoms with Gasteiger partial charge in [-0.05, 0) is 28.9 Å². The molecule has 0 aromatic carbocycles. The van der Waals surface area contributed by atoms with Crippen LogP contribution in [-0.2, 0) is 20.4 Å². The Bertz CT molecular complexity index is 1110. The molecular formula is C20H21BrClF3N6O3S. The number of aromatic nitrogens is 3. The molecule has 35 heavy (non-hydrogen) atoms. The number of thioether (sulfide) groups is 1. The van der Waals surface area contributed by atoms with Crippen molar-refractivity contribution in [2.45, 2.75) is 41.7 Å². The molecule has 4 atom stereocenters. The third kappa shape index (κ3) is 7.02. The highest BCUT2D eigenvalue weighted by Gasteiger charge is 2.36. The fraction of sp³-hybridized carbons (Fsp3) is 0.450. The topological polar surface area (TPSA) is 120 Å². The SMILES string of the molecule is COC(CN/C=C(\N)n1nc(C(F)(F)F)cc1Cl)C(OC1COC1C)Sc1cc(Br)cnc1C#N. The molecule has 0 saturated carbocycles. The molecule has 3 heterocycles. The van der Waals surface area contributed by atoms with Gasteiger partial charge in [0, 0.05) is 41.5 Å². The van der Waals surface area contributed by atoms with Crippen LogP contribution in [0.5, 0.6) is 0 Å². The molecule has 0 bridgehead atoms. The Hall–Kier alpha value is -2.02. The monoisotopic (exact) mass is 596 g/mol. The quantitative estimate of drug-likeness (QED) is 0.311. The molecule has 0 radical (unpaired) electrons. The van der Waals surface area contributed by atoms with E-state index >= 15 is 0 Å². The van der Waals surface area contributed by atoms with E-state index in [0.29, 0.717) is 22.0 Å². The van der Waals surface area contributed by atoms with E-state index in [0.717, 1.165) is 4.68 Å². The minimum absolute atomic E-state index is 0.111. The van der Waals surface area contributed by atoms with Gasteiger partial charge in [0.15, 0.2) is 11.4 Å². The molecule has 4 unspecified atom stereocenters. The first-order chi connectivity index (χ1) is 16.5. The normalized spacial score (nSPS) is 20.1. The maximum absolute atomic E-state index is 12.9. The van der Waals surface area contributed by atoms with Gasteiger partial charge in [0.1, 0.15) is 34.7 Å². The highest BCUT2D eigenvalue weighted by molar-refractivity contribution is 9.10. The number of alkyl halides is 3. The van der Waals surface area contributed by atoms with Crippen molar-refractivity contribution in [3.05, 3.63) is 45.5 Å². The average Bonchev–Trinajstić information content (AvgIpc) is 3.21. The molecular weight excluding hydrogens is 577 g/mol. The van der Waals surface area contributed by atoms with Crippen LogP contribution in [0.2, 0.25) is 5.15 Å². The molecule has 2 aromatic heterocycles. The molecule has 2 aromatic rings. The summed E-state index contributed by atoms with van der Waals surface area (Å²) in [4.78, 5) is 4.70. The fourth-order valence-electron chi connectivity index (χ4n) is 2.91. The maximum atomic E-state index is 12.9. The number of hydrogen-bond acceptors (Lipinski definition) is 9. The summed E-state index contributed by atoms with van der Waals surface area (Å²) in [5.41, 5.74) is 4.34. The van der Waals surface area contributed by atoms with Crippen LogP contribution < -0.4 is 11.1 Å². The van der Waals surface area contributed by atoms with Crippen LogP contribution in [-0.4, -0.2) is 58.8 Å². The average molecular weight is 598 g/mol. The number of nitrogens with zero attached hydrogens (tertiary/aromatic N) is 4. The van der Waals surface area contributed by atoms with E-state index in [9.17, 15) is 18.4 Å². The number of ether oxygens (including phenoxy) is 3. The van der Waals surface area contributed by atoms with Gasteiger partial charge in [-0.2, -0.15) is 23.5 Å².